The predicted octanol–water partition coefficient (Wildman–Crippen LogP) is 4.37. The Bertz CT molecular complexity index is 1270. The summed E-state index contributed by atoms with van der Waals surface area (Å²) in [5.74, 6) is -0.133. The maximum absolute atomic E-state index is 13.1. The zero-order valence-corrected chi connectivity index (χ0v) is 21.0. The van der Waals surface area contributed by atoms with Gasteiger partial charge in [0, 0.05) is 28.6 Å². The average Bonchev–Trinajstić information content (AvgIpc) is 2.76. The van der Waals surface area contributed by atoms with Crippen molar-refractivity contribution < 1.29 is 18.3 Å². The first-order valence-corrected chi connectivity index (χ1v) is 13.3. The minimum atomic E-state index is -3.19. The van der Waals surface area contributed by atoms with Crippen LogP contribution in [0.4, 0.5) is 11.4 Å². The number of carbonyl (C=O) groups is 1. The second-order valence-electron chi connectivity index (χ2n) is 9.44. The number of amides is 1. The lowest BCUT2D eigenvalue weighted by molar-refractivity contribution is 0.0920. The zero-order chi connectivity index (χ0) is 24.9. The molecular weight excluding hydrogens is 450 g/mol. The molecule has 0 aliphatic rings. The van der Waals surface area contributed by atoms with Crippen LogP contribution in [-0.2, 0) is 22.9 Å². The summed E-state index contributed by atoms with van der Waals surface area (Å²) in [7, 11) is -3.19. The van der Waals surface area contributed by atoms with Crippen molar-refractivity contribution in [3.05, 3.63) is 65.4 Å². The summed E-state index contributed by atoms with van der Waals surface area (Å²) in [6.07, 6.45) is 2.37. The Balaban J connectivity index is 2.15. The second kappa shape index (κ2) is 10.5. The minimum Gasteiger partial charge on any atom is -0.392 e. The first-order valence-electron chi connectivity index (χ1n) is 11.4. The highest BCUT2D eigenvalue weighted by molar-refractivity contribution is 7.91. The molecule has 0 unspecified atom stereocenters. The Kier molecular flexibility index (Phi) is 7.94. The quantitative estimate of drug-likeness (QED) is 0.417. The van der Waals surface area contributed by atoms with Crippen molar-refractivity contribution in [2.45, 2.75) is 52.7 Å². The van der Waals surface area contributed by atoms with Crippen LogP contribution in [0.15, 0.2) is 48.7 Å². The molecule has 3 rings (SSSR count). The van der Waals surface area contributed by atoms with Crippen molar-refractivity contribution in [2.24, 2.45) is 0 Å². The van der Waals surface area contributed by atoms with Gasteiger partial charge in [-0.3, -0.25) is 9.78 Å². The fourth-order valence-corrected chi connectivity index (χ4v) is 5.12. The van der Waals surface area contributed by atoms with E-state index >= 15 is 0 Å². The fourth-order valence-electron chi connectivity index (χ4n) is 3.77. The Morgan fingerprint density at radius 2 is 1.76 bits per heavy atom. The number of pyridine rings is 1. The van der Waals surface area contributed by atoms with Gasteiger partial charge < -0.3 is 15.7 Å². The van der Waals surface area contributed by atoms with Crippen LogP contribution in [0.1, 0.15) is 55.6 Å². The number of aryl methyl sites for hydroxylation is 1. The molecule has 1 aromatic heterocycles. The van der Waals surface area contributed by atoms with Gasteiger partial charge in [-0.25, -0.2) is 8.42 Å². The van der Waals surface area contributed by atoms with Crippen molar-refractivity contribution >= 4 is 38.0 Å². The number of benzene rings is 2. The maximum Gasteiger partial charge on any atom is 0.255 e. The Labute approximate surface area is 201 Å². The standard InChI is InChI=1S/C26H33N3O4S/c1-5-12-34(32,33)13-11-18-14-21-23(15-19(18)17-30)27-16-22(25(31)29-26(2,3)4)24(21)28-20-9-7-6-8-10-20/h6-10,14-16,30H,5,11-13,17H2,1-4H3,(H,27,28)(H,29,31). The lowest BCUT2D eigenvalue weighted by Gasteiger charge is -2.22. The molecular formula is C26H33N3O4S. The van der Waals surface area contributed by atoms with Crippen molar-refractivity contribution in [1.82, 2.24) is 10.3 Å². The van der Waals surface area contributed by atoms with Crippen molar-refractivity contribution in [1.29, 1.82) is 0 Å². The van der Waals surface area contributed by atoms with Crippen LogP contribution < -0.4 is 10.6 Å². The molecule has 182 valence electrons. The first-order chi connectivity index (χ1) is 16.0. The van der Waals surface area contributed by atoms with Gasteiger partial charge in [0.25, 0.3) is 5.91 Å². The summed E-state index contributed by atoms with van der Waals surface area (Å²) in [6.45, 7) is 7.34. The van der Waals surface area contributed by atoms with Crippen molar-refractivity contribution in [3.63, 3.8) is 0 Å². The first kappa shape index (κ1) is 25.6. The van der Waals surface area contributed by atoms with Crippen LogP contribution in [0.25, 0.3) is 10.9 Å². The monoisotopic (exact) mass is 483 g/mol. The van der Waals surface area contributed by atoms with Crippen LogP contribution >= 0.6 is 0 Å². The number of para-hydroxylation sites is 1. The van der Waals surface area contributed by atoms with Crippen molar-refractivity contribution in [2.75, 3.05) is 16.8 Å². The molecule has 3 N–H and O–H groups in total. The molecule has 0 fully saturated rings. The molecule has 7 nitrogen and oxygen atoms in total. The molecule has 0 aliphatic carbocycles. The number of aromatic nitrogens is 1. The third-order valence-electron chi connectivity index (χ3n) is 5.33. The number of hydrogen-bond acceptors (Lipinski definition) is 6. The van der Waals surface area contributed by atoms with Gasteiger partial charge in [-0.2, -0.15) is 0 Å². The van der Waals surface area contributed by atoms with Gasteiger partial charge in [-0.05, 0) is 69.0 Å². The minimum absolute atomic E-state index is 0.00156. The van der Waals surface area contributed by atoms with E-state index in [1.54, 1.807) is 6.07 Å². The largest absolute Gasteiger partial charge is 0.392 e. The highest BCUT2D eigenvalue weighted by Crippen LogP contribution is 2.32. The van der Waals surface area contributed by atoms with E-state index < -0.39 is 15.4 Å². The van der Waals surface area contributed by atoms with Gasteiger partial charge >= 0.3 is 0 Å². The molecule has 1 amide bonds. The molecule has 0 saturated carbocycles. The molecule has 0 saturated heterocycles. The number of nitrogens with one attached hydrogen (secondary N) is 2. The lowest BCUT2D eigenvalue weighted by atomic mass is 9.99. The van der Waals surface area contributed by atoms with E-state index in [1.807, 2.05) is 64.1 Å². The summed E-state index contributed by atoms with van der Waals surface area (Å²) >= 11 is 0. The molecule has 34 heavy (non-hydrogen) atoms. The van der Waals surface area contributed by atoms with Crippen LogP contribution in [0.2, 0.25) is 0 Å². The molecule has 0 aliphatic heterocycles. The van der Waals surface area contributed by atoms with Crippen LogP contribution in [0.5, 0.6) is 0 Å². The molecule has 0 radical (unpaired) electrons. The van der Waals surface area contributed by atoms with E-state index in [9.17, 15) is 18.3 Å². The molecule has 0 atom stereocenters. The van der Waals surface area contributed by atoms with Gasteiger partial charge in [0.2, 0.25) is 0 Å². The number of sulfone groups is 1. The summed E-state index contributed by atoms with van der Waals surface area (Å²) in [5.41, 5.74) is 3.29. The molecule has 2 aromatic carbocycles. The second-order valence-corrected chi connectivity index (χ2v) is 11.7. The molecule has 3 aromatic rings. The zero-order valence-electron chi connectivity index (χ0n) is 20.2. The number of fused-ring (bicyclic) bond motifs is 1. The molecule has 0 spiro atoms. The fraction of sp³-hybridized carbons (Fsp3) is 0.385. The van der Waals surface area contributed by atoms with E-state index in [0.29, 0.717) is 34.1 Å². The van der Waals surface area contributed by atoms with Crippen LogP contribution in [-0.4, -0.2) is 41.5 Å². The molecule has 1 heterocycles. The number of nitrogens with zero attached hydrogens (tertiary/aromatic N) is 1. The topological polar surface area (TPSA) is 108 Å². The number of aliphatic hydroxyl groups excluding tert-OH is 1. The Morgan fingerprint density at radius 3 is 2.38 bits per heavy atom. The van der Waals surface area contributed by atoms with Gasteiger partial charge in [-0.1, -0.05) is 25.1 Å². The van der Waals surface area contributed by atoms with Gasteiger partial charge in [0.05, 0.1) is 29.1 Å². The predicted molar refractivity (Wildman–Crippen MR) is 137 cm³/mol. The maximum atomic E-state index is 13.1. The van der Waals surface area contributed by atoms with E-state index in [-0.39, 0.29) is 30.4 Å². The average molecular weight is 484 g/mol. The summed E-state index contributed by atoms with van der Waals surface area (Å²) in [4.78, 5) is 17.6. The van der Waals surface area contributed by atoms with Crippen LogP contribution in [0.3, 0.4) is 0 Å². The van der Waals surface area contributed by atoms with E-state index in [2.05, 4.69) is 15.6 Å². The molecule has 8 heteroatoms. The summed E-state index contributed by atoms with van der Waals surface area (Å²) in [6, 6.07) is 13.1. The van der Waals surface area contributed by atoms with Crippen molar-refractivity contribution in [3.8, 4) is 0 Å². The Hall–Kier alpha value is -2.97. The normalized spacial score (nSPS) is 12.0. The van der Waals surface area contributed by atoms with E-state index in [0.717, 1.165) is 11.3 Å². The van der Waals surface area contributed by atoms with Gasteiger partial charge in [0.1, 0.15) is 0 Å². The summed E-state index contributed by atoms with van der Waals surface area (Å²) < 4.78 is 24.6. The SMILES string of the molecule is CCCS(=O)(=O)CCc1cc2c(Nc3ccccc3)c(C(=O)NC(C)(C)C)cnc2cc1CO. The smallest absolute Gasteiger partial charge is 0.255 e. The summed E-state index contributed by atoms with van der Waals surface area (Å²) in [5, 5.41) is 17.0. The third kappa shape index (κ3) is 6.55. The highest BCUT2D eigenvalue weighted by atomic mass is 32.2. The highest BCUT2D eigenvalue weighted by Gasteiger charge is 2.22. The number of hydrogen-bond donors (Lipinski definition) is 3. The lowest BCUT2D eigenvalue weighted by Crippen LogP contribution is -2.40. The van der Waals surface area contributed by atoms with E-state index in [1.165, 1.54) is 6.20 Å². The number of aliphatic hydroxyl groups is 1. The van der Waals surface area contributed by atoms with E-state index in [4.69, 9.17) is 0 Å². The number of rotatable bonds is 9. The molecule has 0 bridgehead atoms. The van der Waals surface area contributed by atoms with Gasteiger partial charge in [0.15, 0.2) is 9.84 Å². The number of carbonyl (C=O) groups excluding carboxylic acids is 1. The van der Waals surface area contributed by atoms with Gasteiger partial charge in [-0.15, -0.1) is 0 Å². The Morgan fingerprint density at radius 1 is 1.06 bits per heavy atom. The third-order valence-corrected chi connectivity index (χ3v) is 7.19. The van der Waals surface area contributed by atoms with Crippen LogP contribution in [0, 0.1) is 0 Å². The number of anilines is 2.